The molecule has 2 N–H and O–H groups in total. The van der Waals surface area contributed by atoms with Crippen molar-refractivity contribution < 1.29 is 9.53 Å². The molecular formula is C24H41N5O2. The van der Waals surface area contributed by atoms with Crippen molar-refractivity contribution in [3.8, 4) is 0 Å². The Bertz CT molecular complexity index is 729. The van der Waals surface area contributed by atoms with Gasteiger partial charge in [-0.1, -0.05) is 0 Å². The van der Waals surface area contributed by atoms with E-state index in [4.69, 9.17) is 10.5 Å². The van der Waals surface area contributed by atoms with Crippen LogP contribution in [0.2, 0.25) is 0 Å². The summed E-state index contributed by atoms with van der Waals surface area (Å²) in [6.07, 6.45) is 13.5. The molecule has 0 atom stereocenters. The summed E-state index contributed by atoms with van der Waals surface area (Å²) in [7, 11) is 0. The number of carbonyl (C=O) groups is 1. The largest absolute Gasteiger partial charge is 0.444 e. The Morgan fingerprint density at radius 1 is 1.10 bits per heavy atom. The molecule has 1 saturated carbocycles. The highest BCUT2D eigenvalue weighted by Gasteiger charge is 2.40. The van der Waals surface area contributed by atoms with Gasteiger partial charge >= 0.3 is 6.09 Å². The highest BCUT2D eigenvalue weighted by Crippen LogP contribution is 2.46. The molecule has 3 heterocycles. The third-order valence-corrected chi connectivity index (χ3v) is 7.71. The normalized spacial score (nSPS) is 23.9. The summed E-state index contributed by atoms with van der Waals surface area (Å²) in [5.74, 6) is 0.825. The summed E-state index contributed by atoms with van der Waals surface area (Å²) in [5.41, 5.74) is 6.63. The molecule has 0 bridgehead atoms. The molecule has 2 aliphatic heterocycles. The summed E-state index contributed by atoms with van der Waals surface area (Å²) in [6.45, 7) is 11.1. The van der Waals surface area contributed by atoms with Crippen molar-refractivity contribution >= 4 is 11.8 Å². The zero-order chi connectivity index (χ0) is 22.1. The Morgan fingerprint density at radius 2 is 1.74 bits per heavy atom. The summed E-state index contributed by atoms with van der Waals surface area (Å²) < 4.78 is 7.62. The van der Waals surface area contributed by atoms with Crippen LogP contribution in [0.5, 0.6) is 0 Å². The number of rotatable bonds is 3. The van der Waals surface area contributed by atoms with Crippen molar-refractivity contribution in [1.29, 1.82) is 0 Å². The van der Waals surface area contributed by atoms with E-state index in [2.05, 4.69) is 14.7 Å². The van der Waals surface area contributed by atoms with E-state index in [9.17, 15) is 4.79 Å². The molecule has 2 saturated heterocycles. The number of ether oxygens (including phenoxy) is 1. The zero-order valence-electron chi connectivity index (χ0n) is 19.7. The Morgan fingerprint density at radius 3 is 2.29 bits per heavy atom. The molecule has 4 rings (SSSR count). The van der Waals surface area contributed by atoms with E-state index >= 15 is 0 Å². The summed E-state index contributed by atoms with van der Waals surface area (Å²) >= 11 is 0. The maximum absolute atomic E-state index is 12.4. The monoisotopic (exact) mass is 431 g/mol. The molecular weight excluding hydrogens is 390 g/mol. The molecule has 1 aromatic heterocycles. The number of aromatic nitrogens is 2. The highest BCUT2D eigenvalue weighted by atomic mass is 16.6. The van der Waals surface area contributed by atoms with Crippen LogP contribution in [-0.2, 0) is 4.74 Å². The lowest BCUT2D eigenvalue weighted by molar-refractivity contribution is -0.000364. The number of likely N-dealkylation sites (tertiary alicyclic amines) is 2. The second-order valence-corrected chi connectivity index (χ2v) is 11.2. The van der Waals surface area contributed by atoms with Gasteiger partial charge in [-0.25, -0.2) is 4.79 Å². The smallest absolute Gasteiger partial charge is 0.410 e. The number of carbonyl (C=O) groups excluding carboxylic acids is 1. The second-order valence-electron chi connectivity index (χ2n) is 11.2. The van der Waals surface area contributed by atoms with Gasteiger partial charge in [0.05, 0.1) is 17.9 Å². The van der Waals surface area contributed by atoms with Crippen LogP contribution in [0, 0.1) is 11.3 Å². The number of nitrogens with two attached hydrogens (primary N) is 1. The fraction of sp³-hybridized carbons (Fsp3) is 0.833. The molecule has 7 heteroatoms. The van der Waals surface area contributed by atoms with Crippen molar-refractivity contribution in [3.63, 3.8) is 0 Å². The van der Waals surface area contributed by atoms with E-state index in [-0.39, 0.29) is 6.09 Å². The van der Waals surface area contributed by atoms with E-state index < -0.39 is 5.60 Å². The van der Waals surface area contributed by atoms with Crippen molar-refractivity contribution in [1.82, 2.24) is 19.6 Å². The Balaban J connectivity index is 1.17. The van der Waals surface area contributed by atoms with Crippen molar-refractivity contribution in [2.24, 2.45) is 11.3 Å². The molecule has 3 fully saturated rings. The van der Waals surface area contributed by atoms with Gasteiger partial charge in [0.2, 0.25) is 0 Å². The number of amides is 1. The van der Waals surface area contributed by atoms with E-state index in [1.807, 2.05) is 31.9 Å². The highest BCUT2D eigenvalue weighted by molar-refractivity contribution is 5.68. The molecule has 1 aromatic rings. The Kier molecular flexibility index (Phi) is 6.52. The lowest BCUT2D eigenvalue weighted by Gasteiger charge is -2.46. The maximum Gasteiger partial charge on any atom is 0.410 e. The number of hydrogen-bond donors (Lipinski definition) is 1. The molecule has 1 aliphatic carbocycles. The first-order chi connectivity index (χ1) is 14.7. The number of nitrogens with zero attached hydrogens (tertiary/aromatic N) is 4. The first kappa shape index (κ1) is 22.4. The van der Waals surface area contributed by atoms with Crippen molar-refractivity contribution in [2.75, 3.05) is 38.5 Å². The average Bonchev–Trinajstić information content (AvgIpc) is 3.16. The predicted octanol–water partition coefficient (Wildman–Crippen LogP) is 4.31. The fourth-order valence-electron chi connectivity index (χ4n) is 5.75. The van der Waals surface area contributed by atoms with Gasteiger partial charge in [0, 0.05) is 38.9 Å². The van der Waals surface area contributed by atoms with Gasteiger partial charge in [0.25, 0.3) is 0 Å². The minimum atomic E-state index is -0.412. The summed E-state index contributed by atoms with van der Waals surface area (Å²) in [4.78, 5) is 16.9. The lowest BCUT2D eigenvalue weighted by Crippen LogP contribution is -2.47. The Hall–Kier alpha value is -1.76. The van der Waals surface area contributed by atoms with Crippen molar-refractivity contribution in [2.45, 2.75) is 83.8 Å². The topological polar surface area (TPSA) is 76.6 Å². The molecule has 7 nitrogen and oxygen atoms in total. The third-order valence-electron chi connectivity index (χ3n) is 7.71. The van der Waals surface area contributed by atoms with Crippen LogP contribution in [0.3, 0.4) is 0 Å². The zero-order valence-corrected chi connectivity index (χ0v) is 19.7. The molecule has 1 spiro atoms. The van der Waals surface area contributed by atoms with Gasteiger partial charge in [0.15, 0.2) is 0 Å². The van der Waals surface area contributed by atoms with E-state index in [1.165, 1.54) is 32.2 Å². The molecule has 3 aliphatic rings. The van der Waals surface area contributed by atoms with Crippen LogP contribution < -0.4 is 5.73 Å². The fourth-order valence-corrected chi connectivity index (χ4v) is 5.75. The van der Waals surface area contributed by atoms with Crippen LogP contribution in [-0.4, -0.2) is 64.0 Å². The van der Waals surface area contributed by atoms with Gasteiger partial charge in [-0.05, 0) is 83.5 Å². The molecule has 0 aromatic carbocycles. The predicted molar refractivity (Wildman–Crippen MR) is 123 cm³/mol. The van der Waals surface area contributed by atoms with Crippen LogP contribution in [0.1, 0.15) is 78.2 Å². The quantitative estimate of drug-likeness (QED) is 0.772. The lowest BCUT2D eigenvalue weighted by atomic mass is 9.65. The van der Waals surface area contributed by atoms with Crippen LogP contribution in [0.25, 0.3) is 0 Å². The Labute approximate surface area is 187 Å². The standard InChI is InChI=1S/C24H41N5O2/c1-23(2,3)31-22(30)28-14-10-24(11-15-28)8-4-19(5-9-24)17-27-12-6-21(7-13-27)29-18-20(25)16-26-29/h16,18-19,21H,4-15,17,25H2,1-3H3. The molecule has 174 valence electrons. The van der Waals surface area contributed by atoms with Gasteiger partial charge < -0.3 is 20.3 Å². The SMILES string of the molecule is CC(C)(C)OC(=O)N1CCC2(CCC(CN3CCC(n4cc(N)cn4)CC3)CC2)CC1. The van der Waals surface area contributed by atoms with E-state index in [1.54, 1.807) is 6.20 Å². The van der Waals surface area contributed by atoms with Gasteiger partial charge in [-0.15, -0.1) is 0 Å². The number of hydrogen-bond acceptors (Lipinski definition) is 5. The second kappa shape index (κ2) is 9.00. The summed E-state index contributed by atoms with van der Waals surface area (Å²) in [5, 5.41) is 4.40. The molecule has 1 amide bonds. The average molecular weight is 432 g/mol. The molecule has 0 radical (unpaired) electrons. The minimum Gasteiger partial charge on any atom is -0.444 e. The van der Waals surface area contributed by atoms with Crippen LogP contribution in [0.4, 0.5) is 10.5 Å². The van der Waals surface area contributed by atoms with E-state index in [0.717, 1.165) is 63.5 Å². The first-order valence-electron chi connectivity index (χ1n) is 12.2. The van der Waals surface area contributed by atoms with Gasteiger partial charge in [-0.3, -0.25) is 4.68 Å². The first-order valence-corrected chi connectivity index (χ1v) is 12.2. The van der Waals surface area contributed by atoms with Gasteiger partial charge in [0.1, 0.15) is 5.60 Å². The molecule has 31 heavy (non-hydrogen) atoms. The van der Waals surface area contributed by atoms with Crippen LogP contribution in [0.15, 0.2) is 12.4 Å². The maximum atomic E-state index is 12.4. The minimum absolute atomic E-state index is 0.141. The summed E-state index contributed by atoms with van der Waals surface area (Å²) in [6, 6.07) is 0.498. The number of nitrogen functional groups attached to an aromatic ring is 1. The van der Waals surface area contributed by atoms with E-state index in [0.29, 0.717) is 11.5 Å². The van der Waals surface area contributed by atoms with Gasteiger partial charge in [-0.2, -0.15) is 5.10 Å². The molecule has 0 unspecified atom stereocenters. The van der Waals surface area contributed by atoms with Crippen LogP contribution >= 0.6 is 0 Å². The number of anilines is 1. The van der Waals surface area contributed by atoms with Crippen molar-refractivity contribution in [3.05, 3.63) is 12.4 Å². The number of piperidine rings is 2. The third kappa shape index (κ3) is 5.73.